The number of halogens is 1. The summed E-state index contributed by atoms with van der Waals surface area (Å²) >= 11 is 0. The molecule has 6 aromatic rings. The molecule has 5 heterocycles. The van der Waals surface area contributed by atoms with E-state index in [9.17, 15) is 17.6 Å². The van der Waals surface area contributed by atoms with Crippen LogP contribution in [0, 0.1) is 11.7 Å². The van der Waals surface area contributed by atoms with E-state index in [4.69, 9.17) is 5.73 Å². The number of benzene rings is 1. The highest BCUT2D eigenvalue weighted by Crippen LogP contribution is 2.35. The van der Waals surface area contributed by atoms with E-state index in [1.54, 1.807) is 36.9 Å². The number of anilines is 1. The van der Waals surface area contributed by atoms with Gasteiger partial charge in [-0.25, -0.2) is 22.8 Å². The van der Waals surface area contributed by atoms with Gasteiger partial charge < -0.3 is 16.0 Å². The van der Waals surface area contributed by atoms with Crippen LogP contribution in [0.5, 0.6) is 0 Å². The third-order valence-electron chi connectivity index (χ3n) is 8.78. The van der Waals surface area contributed by atoms with Gasteiger partial charge in [-0.3, -0.25) is 14.9 Å². The van der Waals surface area contributed by atoms with Gasteiger partial charge in [0.2, 0.25) is 5.91 Å². The van der Waals surface area contributed by atoms with Gasteiger partial charge in [-0.1, -0.05) is 19.3 Å². The van der Waals surface area contributed by atoms with Crippen molar-refractivity contribution < 1.29 is 17.6 Å². The maximum absolute atomic E-state index is 14.7. The minimum absolute atomic E-state index is 0.000967. The van der Waals surface area contributed by atoms with E-state index in [0.717, 1.165) is 41.7 Å². The standard InChI is InChI=1S/C34H33FN8O3S/c1-47(45,46)32(36)21-10-20(11-24(35)12-21)26-7-8-38-33-27(26)15-29(41-33)31-28-14-23(17-39-34(28)43-42-31)22-13-25(18-37-16-22)40-30(44)9-19-5-3-2-4-6-19/h7-8,10-19,32H,2-6,9,36H2,1H3,(H,38,41)(H,40,44)(H,39,42,43). The molecule has 7 rings (SSSR count). The number of sulfone groups is 1. The van der Waals surface area contributed by atoms with Crippen molar-refractivity contribution in [3.8, 4) is 33.6 Å². The van der Waals surface area contributed by atoms with E-state index in [2.05, 4.69) is 35.5 Å². The van der Waals surface area contributed by atoms with Crippen molar-refractivity contribution in [3.63, 3.8) is 0 Å². The molecular weight excluding hydrogens is 619 g/mol. The van der Waals surface area contributed by atoms with Crippen LogP contribution in [0.4, 0.5) is 10.1 Å². The summed E-state index contributed by atoms with van der Waals surface area (Å²) in [6.07, 6.45) is 14.0. The number of amides is 1. The number of rotatable bonds is 8. The van der Waals surface area contributed by atoms with E-state index >= 15 is 0 Å². The Balaban J connectivity index is 1.20. The lowest BCUT2D eigenvalue weighted by molar-refractivity contribution is -0.117. The van der Waals surface area contributed by atoms with Gasteiger partial charge in [-0.15, -0.1) is 0 Å². The number of aromatic amines is 2. The predicted molar refractivity (Wildman–Crippen MR) is 179 cm³/mol. The number of carbonyl (C=O) groups excluding carboxylic acids is 1. The molecule has 5 aromatic heterocycles. The third kappa shape index (κ3) is 6.36. The van der Waals surface area contributed by atoms with Gasteiger partial charge in [0.05, 0.1) is 17.6 Å². The molecule has 0 bridgehead atoms. The summed E-state index contributed by atoms with van der Waals surface area (Å²) in [5.74, 6) is -0.163. The Hall–Kier alpha value is -5.01. The first kappa shape index (κ1) is 30.6. The van der Waals surface area contributed by atoms with E-state index in [0.29, 0.717) is 57.2 Å². The molecule has 1 saturated carbocycles. The van der Waals surface area contributed by atoms with E-state index in [-0.39, 0.29) is 11.5 Å². The molecule has 1 aliphatic carbocycles. The Labute approximate surface area is 270 Å². The van der Waals surface area contributed by atoms with Crippen molar-refractivity contribution >= 4 is 43.5 Å². The fraction of sp³-hybridized carbons (Fsp3) is 0.265. The van der Waals surface area contributed by atoms with Gasteiger partial charge in [0, 0.05) is 53.2 Å². The van der Waals surface area contributed by atoms with E-state index in [1.165, 1.54) is 25.3 Å². The molecule has 5 N–H and O–H groups in total. The van der Waals surface area contributed by atoms with Crippen molar-refractivity contribution in [2.24, 2.45) is 11.7 Å². The van der Waals surface area contributed by atoms with E-state index in [1.807, 2.05) is 18.2 Å². The molecule has 1 fully saturated rings. The van der Waals surface area contributed by atoms with Gasteiger partial charge in [-0.05, 0) is 77.9 Å². The number of hydrogen-bond donors (Lipinski definition) is 4. The van der Waals surface area contributed by atoms with Crippen LogP contribution >= 0.6 is 0 Å². The number of hydrogen-bond acceptors (Lipinski definition) is 8. The van der Waals surface area contributed by atoms with Crippen LogP contribution in [0.1, 0.15) is 49.5 Å². The Morgan fingerprint density at radius 1 is 0.979 bits per heavy atom. The first-order valence-electron chi connectivity index (χ1n) is 15.5. The Morgan fingerprint density at radius 3 is 2.60 bits per heavy atom. The Kier molecular flexibility index (Phi) is 8.02. The average molecular weight is 653 g/mol. The molecule has 13 heteroatoms. The lowest BCUT2D eigenvalue weighted by atomic mass is 9.87. The number of nitrogens with one attached hydrogen (secondary N) is 3. The highest BCUT2D eigenvalue weighted by molar-refractivity contribution is 7.90. The fourth-order valence-electron chi connectivity index (χ4n) is 6.38. The molecule has 0 spiro atoms. The summed E-state index contributed by atoms with van der Waals surface area (Å²) in [5.41, 5.74) is 11.8. The van der Waals surface area contributed by atoms with Gasteiger partial charge in [0.15, 0.2) is 15.5 Å². The van der Waals surface area contributed by atoms with Gasteiger partial charge >= 0.3 is 0 Å². The number of H-pyrrole nitrogens is 2. The molecule has 1 aromatic carbocycles. The minimum Gasteiger partial charge on any atom is -0.338 e. The summed E-state index contributed by atoms with van der Waals surface area (Å²) in [6, 6.07) is 11.5. The Bertz CT molecular complexity index is 2240. The summed E-state index contributed by atoms with van der Waals surface area (Å²) in [6.45, 7) is 0. The SMILES string of the molecule is CS(=O)(=O)C(N)c1cc(F)cc(-c2ccnc3[nH]c(-c4n[nH]c5ncc(-c6cncc(NC(=O)CC7CCCCC7)c6)cc45)cc23)c1. The van der Waals surface area contributed by atoms with Crippen molar-refractivity contribution in [3.05, 3.63) is 78.6 Å². The third-order valence-corrected chi connectivity index (χ3v) is 9.97. The van der Waals surface area contributed by atoms with Crippen molar-refractivity contribution in [2.45, 2.75) is 43.9 Å². The average Bonchev–Trinajstić information content (AvgIpc) is 3.68. The highest BCUT2D eigenvalue weighted by Gasteiger charge is 2.21. The largest absolute Gasteiger partial charge is 0.338 e. The van der Waals surface area contributed by atoms with Crippen molar-refractivity contribution in [1.29, 1.82) is 0 Å². The quantitative estimate of drug-likeness (QED) is 0.149. The Morgan fingerprint density at radius 2 is 1.79 bits per heavy atom. The van der Waals surface area contributed by atoms with Crippen LogP contribution in [0.2, 0.25) is 0 Å². The molecule has 1 unspecified atom stereocenters. The van der Waals surface area contributed by atoms with Crippen molar-refractivity contribution in [1.82, 2.24) is 30.1 Å². The number of pyridine rings is 3. The van der Waals surface area contributed by atoms with Gasteiger partial charge in [-0.2, -0.15) is 5.10 Å². The first-order chi connectivity index (χ1) is 22.6. The predicted octanol–water partition coefficient (Wildman–Crippen LogP) is 6.28. The number of nitrogens with two attached hydrogens (primary N) is 1. The number of nitrogens with zero attached hydrogens (tertiary/aromatic N) is 4. The zero-order valence-corrected chi connectivity index (χ0v) is 26.4. The van der Waals surface area contributed by atoms with Crippen LogP contribution in [0.25, 0.3) is 55.7 Å². The second kappa shape index (κ2) is 12.3. The number of fused-ring (bicyclic) bond motifs is 2. The summed E-state index contributed by atoms with van der Waals surface area (Å²) in [4.78, 5) is 29.5. The second-order valence-corrected chi connectivity index (χ2v) is 14.4. The zero-order chi connectivity index (χ0) is 32.7. The van der Waals surface area contributed by atoms with Crippen LogP contribution < -0.4 is 11.1 Å². The molecule has 1 atom stereocenters. The molecular formula is C34H33FN8O3S. The van der Waals surface area contributed by atoms with Crippen LogP contribution in [0.15, 0.2) is 67.3 Å². The molecule has 0 saturated heterocycles. The lowest BCUT2D eigenvalue weighted by Gasteiger charge is -2.20. The maximum atomic E-state index is 14.7. The van der Waals surface area contributed by atoms with Crippen molar-refractivity contribution in [2.75, 3.05) is 11.6 Å². The first-order valence-corrected chi connectivity index (χ1v) is 17.4. The molecule has 47 heavy (non-hydrogen) atoms. The number of aromatic nitrogens is 6. The molecule has 0 radical (unpaired) electrons. The van der Waals surface area contributed by atoms with Gasteiger partial charge in [0.25, 0.3) is 0 Å². The normalized spacial score (nSPS) is 14.9. The second-order valence-electron chi connectivity index (χ2n) is 12.2. The lowest BCUT2D eigenvalue weighted by Crippen LogP contribution is -2.20. The maximum Gasteiger partial charge on any atom is 0.224 e. The molecule has 11 nitrogen and oxygen atoms in total. The molecule has 1 aliphatic rings. The van der Waals surface area contributed by atoms with E-state index < -0.39 is 21.0 Å². The zero-order valence-electron chi connectivity index (χ0n) is 25.6. The minimum atomic E-state index is -3.65. The fourth-order valence-corrected chi connectivity index (χ4v) is 7.01. The molecule has 0 aliphatic heterocycles. The van der Waals surface area contributed by atoms with Crippen LogP contribution in [-0.2, 0) is 14.6 Å². The topological polar surface area (TPSA) is 172 Å². The monoisotopic (exact) mass is 652 g/mol. The summed E-state index contributed by atoms with van der Waals surface area (Å²) < 4.78 is 38.9. The summed E-state index contributed by atoms with van der Waals surface area (Å²) in [5, 5.41) is 10.6. The molecule has 240 valence electrons. The smallest absolute Gasteiger partial charge is 0.224 e. The summed E-state index contributed by atoms with van der Waals surface area (Å²) in [7, 11) is -3.65. The molecule has 1 amide bonds. The highest BCUT2D eigenvalue weighted by atomic mass is 32.2. The van der Waals surface area contributed by atoms with Crippen LogP contribution in [0.3, 0.4) is 0 Å². The number of carbonyl (C=O) groups is 1. The van der Waals surface area contributed by atoms with Crippen LogP contribution in [-0.4, -0.2) is 50.7 Å². The van der Waals surface area contributed by atoms with Gasteiger partial charge in [0.1, 0.15) is 22.5 Å².